The largest absolute Gasteiger partial charge is 0.340 e. The molecule has 1 saturated heterocycles. The lowest BCUT2D eigenvalue weighted by Gasteiger charge is -2.20. The van der Waals surface area contributed by atoms with E-state index in [4.69, 9.17) is 4.52 Å². The highest BCUT2D eigenvalue weighted by atomic mass is 32.1. The number of aryl methyl sites for hydroxylation is 1. The van der Waals surface area contributed by atoms with Crippen molar-refractivity contribution in [1.82, 2.24) is 25.2 Å². The van der Waals surface area contributed by atoms with Gasteiger partial charge in [-0.3, -0.25) is 15.0 Å². The van der Waals surface area contributed by atoms with E-state index in [1.165, 1.54) is 11.3 Å². The van der Waals surface area contributed by atoms with E-state index in [9.17, 15) is 4.79 Å². The number of hydrogen-bond acceptors (Lipinski definition) is 8. The summed E-state index contributed by atoms with van der Waals surface area (Å²) in [5, 5.41) is 14.7. The van der Waals surface area contributed by atoms with Crippen LogP contribution < -0.4 is 5.32 Å². The van der Waals surface area contributed by atoms with E-state index in [1.54, 1.807) is 12.4 Å². The molecule has 8 nitrogen and oxygen atoms in total. The number of hydrogen-bond donors (Lipinski definition) is 1. The second-order valence-corrected chi connectivity index (χ2v) is 5.43. The van der Waals surface area contributed by atoms with Crippen molar-refractivity contribution in [2.24, 2.45) is 0 Å². The third-order valence-corrected chi connectivity index (χ3v) is 3.76. The normalized spacial score (nSPS) is 19.4. The van der Waals surface area contributed by atoms with E-state index >= 15 is 0 Å². The summed E-state index contributed by atoms with van der Waals surface area (Å²) in [6.07, 6.45) is 1.95. The van der Waals surface area contributed by atoms with Crippen LogP contribution in [0.4, 0.5) is 5.13 Å². The number of nitrogens with one attached hydrogen (secondary N) is 1. The van der Waals surface area contributed by atoms with E-state index in [0.717, 1.165) is 19.4 Å². The molecule has 0 unspecified atom stereocenters. The Morgan fingerprint density at radius 2 is 2.55 bits per heavy atom. The highest BCUT2D eigenvalue weighted by Crippen LogP contribution is 2.29. The maximum absolute atomic E-state index is 12.0. The molecule has 0 aliphatic carbocycles. The Morgan fingerprint density at radius 3 is 3.25 bits per heavy atom. The maximum atomic E-state index is 12.0. The predicted octanol–water partition coefficient (Wildman–Crippen LogP) is 1.01. The average Bonchev–Trinajstić information content (AvgIpc) is 3.11. The molecule has 1 atom stereocenters. The topological polar surface area (TPSA) is 97.0 Å². The van der Waals surface area contributed by atoms with E-state index < -0.39 is 0 Å². The lowest BCUT2D eigenvalue weighted by Crippen LogP contribution is -2.33. The standard InChI is InChI=1S/C11H14N6O2S/c1-7-13-10(16-19-7)8-3-2-4-17(8)5-9(18)14-11-15-12-6-20-11/h6,8H,2-5H2,1H3,(H,14,15,18)/t8-/m0/s1. The van der Waals surface area contributed by atoms with Crippen LogP contribution in [0.25, 0.3) is 0 Å². The van der Waals surface area contributed by atoms with Crippen LogP contribution >= 0.6 is 11.3 Å². The second kappa shape index (κ2) is 5.63. The van der Waals surface area contributed by atoms with Gasteiger partial charge in [0.15, 0.2) is 5.82 Å². The molecule has 1 aliphatic heterocycles. The zero-order valence-corrected chi connectivity index (χ0v) is 11.8. The van der Waals surface area contributed by atoms with Crippen LogP contribution in [0.5, 0.6) is 0 Å². The molecule has 0 saturated carbocycles. The third-order valence-electron chi connectivity index (χ3n) is 3.16. The molecule has 0 spiro atoms. The van der Waals surface area contributed by atoms with E-state index in [0.29, 0.717) is 16.8 Å². The minimum Gasteiger partial charge on any atom is -0.340 e. The number of anilines is 1. The molecule has 0 aromatic carbocycles. The van der Waals surface area contributed by atoms with E-state index in [2.05, 4.69) is 30.6 Å². The van der Waals surface area contributed by atoms with Gasteiger partial charge in [-0.2, -0.15) is 4.98 Å². The van der Waals surface area contributed by atoms with Gasteiger partial charge in [-0.1, -0.05) is 16.5 Å². The number of carbonyl (C=O) groups is 1. The summed E-state index contributed by atoms with van der Waals surface area (Å²) in [7, 11) is 0. The van der Waals surface area contributed by atoms with Gasteiger partial charge in [0.2, 0.25) is 16.9 Å². The Hall–Kier alpha value is -1.87. The van der Waals surface area contributed by atoms with Gasteiger partial charge in [0.25, 0.3) is 0 Å². The Bertz CT molecular complexity index is 584. The lowest BCUT2D eigenvalue weighted by atomic mass is 10.2. The molecule has 106 valence electrons. The summed E-state index contributed by atoms with van der Waals surface area (Å²) >= 11 is 1.30. The fourth-order valence-electron chi connectivity index (χ4n) is 2.33. The molecule has 1 aliphatic rings. The molecule has 2 aromatic rings. The number of rotatable bonds is 4. The zero-order chi connectivity index (χ0) is 13.9. The van der Waals surface area contributed by atoms with Crippen molar-refractivity contribution in [3.05, 3.63) is 17.2 Å². The quantitative estimate of drug-likeness (QED) is 0.898. The Morgan fingerprint density at radius 1 is 1.65 bits per heavy atom. The molecule has 3 heterocycles. The smallest absolute Gasteiger partial charge is 0.240 e. The number of likely N-dealkylation sites (tertiary alicyclic amines) is 1. The zero-order valence-electron chi connectivity index (χ0n) is 10.9. The molecule has 20 heavy (non-hydrogen) atoms. The van der Waals surface area contributed by atoms with Crippen molar-refractivity contribution >= 4 is 22.4 Å². The van der Waals surface area contributed by atoms with Gasteiger partial charge in [0.05, 0.1) is 12.6 Å². The molecule has 0 radical (unpaired) electrons. The summed E-state index contributed by atoms with van der Waals surface area (Å²) in [6, 6.07) is 0.0487. The van der Waals surface area contributed by atoms with Gasteiger partial charge in [-0.15, -0.1) is 10.2 Å². The first-order chi connectivity index (χ1) is 9.72. The Balaban J connectivity index is 1.62. The van der Waals surface area contributed by atoms with Gasteiger partial charge >= 0.3 is 0 Å². The third kappa shape index (κ3) is 2.83. The van der Waals surface area contributed by atoms with Crippen molar-refractivity contribution in [1.29, 1.82) is 0 Å². The summed E-state index contributed by atoms with van der Waals surface area (Å²) in [5.41, 5.74) is 1.58. The number of amides is 1. The monoisotopic (exact) mass is 294 g/mol. The molecule has 1 fully saturated rings. The molecule has 9 heteroatoms. The summed E-state index contributed by atoms with van der Waals surface area (Å²) in [4.78, 5) is 18.3. The first-order valence-corrected chi connectivity index (χ1v) is 7.20. The molecular weight excluding hydrogens is 280 g/mol. The van der Waals surface area contributed by atoms with Gasteiger partial charge in [0.1, 0.15) is 5.51 Å². The Kier molecular flexibility index (Phi) is 3.70. The summed E-state index contributed by atoms with van der Waals surface area (Å²) < 4.78 is 5.01. The van der Waals surface area contributed by atoms with Crippen LogP contribution in [0.2, 0.25) is 0 Å². The molecule has 1 amide bonds. The first-order valence-electron chi connectivity index (χ1n) is 6.32. The molecule has 3 rings (SSSR count). The number of nitrogens with zero attached hydrogens (tertiary/aromatic N) is 5. The van der Waals surface area contributed by atoms with Gasteiger partial charge in [-0.25, -0.2) is 0 Å². The summed E-state index contributed by atoms with van der Waals surface area (Å²) in [5.74, 6) is 1.10. The average molecular weight is 294 g/mol. The predicted molar refractivity (Wildman–Crippen MR) is 71.1 cm³/mol. The van der Waals surface area contributed by atoms with Crippen LogP contribution in [0, 0.1) is 6.92 Å². The SMILES string of the molecule is Cc1nc([C@@H]2CCCN2CC(=O)Nc2nncs2)no1. The van der Waals surface area contributed by atoms with Crippen molar-refractivity contribution < 1.29 is 9.32 Å². The minimum atomic E-state index is -0.103. The van der Waals surface area contributed by atoms with Crippen LogP contribution in [-0.2, 0) is 4.79 Å². The highest BCUT2D eigenvalue weighted by molar-refractivity contribution is 7.13. The van der Waals surface area contributed by atoms with Crippen molar-refractivity contribution in [3.63, 3.8) is 0 Å². The fourth-order valence-corrected chi connectivity index (χ4v) is 2.79. The second-order valence-electron chi connectivity index (χ2n) is 4.59. The van der Waals surface area contributed by atoms with Gasteiger partial charge in [-0.05, 0) is 19.4 Å². The molecular formula is C11H14N6O2S. The maximum Gasteiger partial charge on any atom is 0.240 e. The number of aromatic nitrogens is 4. The molecule has 0 bridgehead atoms. The van der Waals surface area contributed by atoms with Crippen LogP contribution in [0.3, 0.4) is 0 Å². The van der Waals surface area contributed by atoms with Gasteiger partial charge < -0.3 is 4.52 Å². The molecule has 1 N–H and O–H groups in total. The first kappa shape index (κ1) is 13.1. The number of carbonyl (C=O) groups excluding carboxylic acids is 1. The van der Waals surface area contributed by atoms with Crippen LogP contribution in [-0.4, -0.2) is 44.2 Å². The van der Waals surface area contributed by atoms with Crippen LogP contribution in [0.15, 0.2) is 10.0 Å². The lowest BCUT2D eigenvalue weighted by molar-refractivity contribution is -0.117. The van der Waals surface area contributed by atoms with Crippen molar-refractivity contribution in [2.75, 3.05) is 18.4 Å². The van der Waals surface area contributed by atoms with E-state index in [1.807, 2.05) is 0 Å². The summed E-state index contributed by atoms with van der Waals surface area (Å²) in [6.45, 7) is 2.90. The minimum absolute atomic E-state index is 0.0487. The Labute approximate surface area is 119 Å². The van der Waals surface area contributed by atoms with Crippen LogP contribution in [0.1, 0.15) is 30.6 Å². The van der Waals surface area contributed by atoms with Crippen molar-refractivity contribution in [3.8, 4) is 0 Å². The fraction of sp³-hybridized carbons (Fsp3) is 0.545. The highest BCUT2D eigenvalue weighted by Gasteiger charge is 2.31. The van der Waals surface area contributed by atoms with Crippen molar-refractivity contribution in [2.45, 2.75) is 25.8 Å². The van der Waals surface area contributed by atoms with E-state index in [-0.39, 0.29) is 18.5 Å². The molecule has 2 aromatic heterocycles. The van der Waals surface area contributed by atoms with Gasteiger partial charge in [0, 0.05) is 6.92 Å².